The lowest BCUT2D eigenvalue weighted by Crippen LogP contribution is -2.54. The molecule has 7 nitrogen and oxygen atoms in total. The summed E-state index contributed by atoms with van der Waals surface area (Å²) < 4.78 is 1.73. The number of nitrogens with zero attached hydrogens (tertiary/aromatic N) is 5. The van der Waals surface area contributed by atoms with E-state index in [2.05, 4.69) is 10.3 Å². The average Bonchev–Trinajstić information content (AvgIpc) is 3.14. The third-order valence-corrected chi connectivity index (χ3v) is 4.50. The molecule has 2 heterocycles. The number of benzene rings is 2. The first kappa shape index (κ1) is 17.0. The van der Waals surface area contributed by atoms with Gasteiger partial charge in [-0.15, -0.1) is 5.10 Å². The van der Waals surface area contributed by atoms with Crippen LogP contribution in [0.2, 0.25) is 0 Å². The Balaban J connectivity index is 1.41. The fourth-order valence-electron chi connectivity index (χ4n) is 3.13. The molecule has 4 rings (SSSR count). The van der Waals surface area contributed by atoms with Crippen LogP contribution in [0.3, 0.4) is 0 Å². The van der Waals surface area contributed by atoms with Gasteiger partial charge in [0.15, 0.2) is 0 Å². The van der Waals surface area contributed by atoms with E-state index in [4.69, 9.17) is 0 Å². The van der Waals surface area contributed by atoms with Crippen molar-refractivity contribution in [3.63, 3.8) is 0 Å². The standard InChI is InChI=1S/C20H19N5O2/c26-19-20(27)25(18-9-5-2-6-10-18)12-11-23(19)14-17-15-24(22-21-17)13-16-7-3-1-4-8-16/h1-10,15H,11-14H2. The monoisotopic (exact) mass is 361 g/mol. The summed E-state index contributed by atoms with van der Waals surface area (Å²) in [7, 11) is 0. The number of amides is 2. The SMILES string of the molecule is O=C1C(=O)N(c2ccccc2)CCN1Cc1cn(Cc2ccccc2)nn1. The van der Waals surface area contributed by atoms with Gasteiger partial charge in [-0.2, -0.15) is 0 Å². The third-order valence-electron chi connectivity index (χ3n) is 4.50. The minimum Gasteiger partial charge on any atom is -0.327 e. The van der Waals surface area contributed by atoms with Crippen molar-refractivity contribution >= 4 is 17.5 Å². The summed E-state index contributed by atoms with van der Waals surface area (Å²) in [5, 5.41) is 8.25. The molecule has 1 aromatic heterocycles. The molecule has 1 fully saturated rings. The second kappa shape index (κ2) is 7.41. The van der Waals surface area contributed by atoms with Gasteiger partial charge in [0, 0.05) is 18.8 Å². The van der Waals surface area contributed by atoms with Gasteiger partial charge in [-0.3, -0.25) is 9.59 Å². The number of rotatable bonds is 5. The Hall–Kier alpha value is -3.48. The molecule has 0 saturated carbocycles. The topological polar surface area (TPSA) is 71.3 Å². The Morgan fingerprint density at radius 3 is 2.26 bits per heavy atom. The molecule has 0 N–H and O–H groups in total. The Morgan fingerprint density at radius 1 is 0.815 bits per heavy atom. The van der Waals surface area contributed by atoms with Crippen molar-refractivity contribution in [1.29, 1.82) is 0 Å². The molecule has 3 aromatic rings. The number of aromatic nitrogens is 3. The van der Waals surface area contributed by atoms with Gasteiger partial charge in [-0.25, -0.2) is 4.68 Å². The molecule has 2 aromatic carbocycles. The maximum Gasteiger partial charge on any atom is 0.316 e. The van der Waals surface area contributed by atoms with Crippen LogP contribution in [-0.4, -0.2) is 44.8 Å². The molecule has 1 saturated heterocycles. The van der Waals surface area contributed by atoms with E-state index in [-0.39, 0.29) is 6.54 Å². The second-order valence-electron chi connectivity index (χ2n) is 6.41. The highest BCUT2D eigenvalue weighted by molar-refractivity contribution is 6.40. The number of para-hydroxylation sites is 1. The molecular formula is C20H19N5O2. The zero-order valence-electron chi connectivity index (χ0n) is 14.7. The molecule has 27 heavy (non-hydrogen) atoms. The summed E-state index contributed by atoms with van der Waals surface area (Å²) in [4.78, 5) is 28.0. The average molecular weight is 361 g/mol. The fourth-order valence-corrected chi connectivity index (χ4v) is 3.13. The molecule has 0 spiro atoms. The van der Waals surface area contributed by atoms with Crippen molar-refractivity contribution in [3.8, 4) is 0 Å². The Morgan fingerprint density at radius 2 is 1.52 bits per heavy atom. The molecule has 0 atom stereocenters. The molecule has 0 aliphatic carbocycles. The van der Waals surface area contributed by atoms with Gasteiger partial charge >= 0.3 is 11.8 Å². The van der Waals surface area contributed by atoms with Gasteiger partial charge in [-0.05, 0) is 17.7 Å². The van der Waals surface area contributed by atoms with Gasteiger partial charge in [-0.1, -0.05) is 53.7 Å². The lowest BCUT2D eigenvalue weighted by Gasteiger charge is -2.33. The highest BCUT2D eigenvalue weighted by Gasteiger charge is 2.33. The van der Waals surface area contributed by atoms with E-state index < -0.39 is 11.8 Å². The van der Waals surface area contributed by atoms with Crippen molar-refractivity contribution in [3.05, 3.63) is 78.1 Å². The molecule has 0 bridgehead atoms. The van der Waals surface area contributed by atoms with Gasteiger partial charge in [0.05, 0.1) is 19.3 Å². The van der Waals surface area contributed by atoms with Crippen molar-refractivity contribution in [1.82, 2.24) is 19.9 Å². The molecular weight excluding hydrogens is 342 g/mol. The number of piperazine rings is 1. The van der Waals surface area contributed by atoms with Crippen LogP contribution in [-0.2, 0) is 22.7 Å². The highest BCUT2D eigenvalue weighted by Crippen LogP contribution is 2.18. The zero-order valence-corrected chi connectivity index (χ0v) is 14.7. The first-order valence-corrected chi connectivity index (χ1v) is 8.79. The van der Waals surface area contributed by atoms with Crippen LogP contribution in [0, 0.1) is 0 Å². The number of carbonyl (C=O) groups is 2. The largest absolute Gasteiger partial charge is 0.327 e. The zero-order chi connectivity index (χ0) is 18.6. The first-order chi connectivity index (χ1) is 13.2. The number of carbonyl (C=O) groups excluding carboxylic acids is 2. The summed E-state index contributed by atoms with van der Waals surface area (Å²) in [6.07, 6.45) is 1.81. The quantitative estimate of drug-likeness (QED) is 0.649. The lowest BCUT2D eigenvalue weighted by molar-refractivity contribution is -0.146. The van der Waals surface area contributed by atoms with Crippen molar-refractivity contribution in [2.45, 2.75) is 13.1 Å². The molecule has 7 heteroatoms. The predicted molar refractivity (Wildman–Crippen MR) is 99.8 cm³/mol. The summed E-state index contributed by atoms with van der Waals surface area (Å²) in [5.41, 5.74) is 2.53. The Labute approximate surface area is 156 Å². The number of anilines is 1. The maximum atomic E-state index is 12.5. The van der Waals surface area contributed by atoms with Crippen LogP contribution in [0.25, 0.3) is 0 Å². The molecule has 0 radical (unpaired) electrons. The van der Waals surface area contributed by atoms with E-state index >= 15 is 0 Å². The summed E-state index contributed by atoms with van der Waals surface area (Å²) >= 11 is 0. The maximum absolute atomic E-state index is 12.5. The van der Waals surface area contributed by atoms with Crippen LogP contribution in [0.4, 0.5) is 5.69 Å². The van der Waals surface area contributed by atoms with Crippen LogP contribution in [0.15, 0.2) is 66.9 Å². The van der Waals surface area contributed by atoms with Crippen molar-refractivity contribution < 1.29 is 9.59 Å². The normalized spacial score (nSPS) is 14.7. The van der Waals surface area contributed by atoms with E-state index in [1.165, 1.54) is 9.80 Å². The molecule has 0 unspecified atom stereocenters. The fraction of sp³-hybridized carbons (Fsp3) is 0.200. The van der Waals surface area contributed by atoms with Gasteiger partial charge < -0.3 is 9.80 Å². The van der Waals surface area contributed by atoms with E-state index in [0.717, 1.165) is 11.3 Å². The molecule has 1 aliphatic heterocycles. The third kappa shape index (κ3) is 3.72. The van der Waals surface area contributed by atoms with Gasteiger partial charge in [0.1, 0.15) is 5.69 Å². The number of hydrogen-bond acceptors (Lipinski definition) is 4. The number of hydrogen-bond donors (Lipinski definition) is 0. The van der Waals surface area contributed by atoms with Crippen molar-refractivity contribution in [2.75, 3.05) is 18.0 Å². The van der Waals surface area contributed by atoms with E-state index in [0.29, 0.717) is 25.3 Å². The van der Waals surface area contributed by atoms with Crippen molar-refractivity contribution in [2.24, 2.45) is 0 Å². The van der Waals surface area contributed by atoms with Crippen LogP contribution < -0.4 is 4.90 Å². The van der Waals surface area contributed by atoms with Crippen LogP contribution in [0.5, 0.6) is 0 Å². The highest BCUT2D eigenvalue weighted by atomic mass is 16.2. The van der Waals surface area contributed by atoms with Gasteiger partial charge in [0.2, 0.25) is 0 Å². The lowest BCUT2D eigenvalue weighted by atomic mass is 10.2. The second-order valence-corrected chi connectivity index (χ2v) is 6.41. The Bertz CT molecular complexity index is 939. The Kier molecular flexibility index (Phi) is 4.65. The van der Waals surface area contributed by atoms with Gasteiger partial charge in [0.25, 0.3) is 0 Å². The van der Waals surface area contributed by atoms with E-state index in [1.807, 2.05) is 66.9 Å². The molecule has 1 aliphatic rings. The smallest absolute Gasteiger partial charge is 0.316 e. The minimum atomic E-state index is -0.511. The van der Waals surface area contributed by atoms with E-state index in [1.54, 1.807) is 4.68 Å². The minimum absolute atomic E-state index is 0.280. The summed E-state index contributed by atoms with van der Waals surface area (Å²) in [6, 6.07) is 19.2. The predicted octanol–water partition coefficient (Wildman–Crippen LogP) is 1.70. The summed E-state index contributed by atoms with van der Waals surface area (Å²) in [5.74, 6) is -1.02. The van der Waals surface area contributed by atoms with E-state index in [9.17, 15) is 9.59 Å². The van der Waals surface area contributed by atoms with Crippen LogP contribution in [0.1, 0.15) is 11.3 Å². The molecule has 2 amide bonds. The summed E-state index contributed by atoms with van der Waals surface area (Å²) in [6.45, 7) is 1.82. The first-order valence-electron chi connectivity index (χ1n) is 8.79. The molecule has 136 valence electrons. The van der Waals surface area contributed by atoms with Crippen LogP contribution >= 0.6 is 0 Å².